The van der Waals surface area contributed by atoms with Crippen LogP contribution < -0.4 is 5.73 Å². The van der Waals surface area contributed by atoms with Crippen molar-refractivity contribution in [3.63, 3.8) is 0 Å². The Balaban J connectivity index is 2.36. The predicted octanol–water partition coefficient (Wildman–Crippen LogP) is 0.362. The van der Waals surface area contributed by atoms with Gasteiger partial charge in [-0.05, 0) is 5.57 Å². The zero-order chi connectivity index (χ0) is 12.6. The Bertz CT molecular complexity index is 435. The summed E-state index contributed by atoms with van der Waals surface area (Å²) in [7, 11) is 0. The quantitative estimate of drug-likeness (QED) is 0.574. The van der Waals surface area contributed by atoms with Crippen LogP contribution in [0.25, 0.3) is 0 Å². The molecule has 1 fully saturated rings. The van der Waals surface area contributed by atoms with Crippen LogP contribution in [0, 0.1) is 0 Å². The van der Waals surface area contributed by atoms with Crippen molar-refractivity contribution in [1.29, 1.82) is 0 Å². The van der Waals surface area contributed by atoms with E-state index in [1.807, 2.05) is 0 Å². The molecule has 2 aliphatic rings. The van der Waals surface area contributed by atoms with Gasteiger partial charge in [0.1, 0.15) is 17.1 Å². The Morgan fingerprint density at radius 2 is 2.41 bits per heavy atom. The van der Waals surface area contributed by atoms with Gasteiger partial charge in [0.25, 0.3) is 0 Å². The highest BCUT2D eigenvalue weighted by atomic mass is 35.5. The Morgan fingerprint density at radius 1 is 1.71 bits per heavy atom. The van der Waals surface area contributed by atoms with Crippen LogP contribution in [0.4, 0.5) is 0 Å². The van der Waals surface area contributed by atoms with Crippen LogP contribution in [0.3, 0.4) is 0 Å². The number of nitrogens with two attached hydrogens (primary N) is 1. The smallest absolute Gasteiger partial charge is 0.352 e. The van der Waals surface area contributed by atoms with Crippen LogP contribution in [0.2, 0.25) is 0 Å². The predicted molar refractivity (Wildman–Crippen MR) is 65.6 cm³/mol. The monoisotopic (exact) mass is 274 g/mol. The summed E-state index contributed by atoms with van der Waals surface area (Å²) in [6.45, 7) is 0. The summed E-state index contributed by atoms with van der Waals surface area (Å²) in [6, 6.07) is -0.590. The lowest BCUT2D eigenvalue weighted by molar-refractivity contribution is -0.147. The number of carboxylic acid groups (broad SMARTS) is 1. The molecule has 2 heterocycles. The highest BCUT2D eigenvalue weighted by molar-refractivity contribution is 8.00. The molecule has 0 aromatic heterocycles. The fourth-order valence-electron chi connectivity index (χ4n) is 1.85. The number of halogens is 1. The van der Waals surface area contributed by atoms with Gasteiger partial charge < -0.3 is 10.8 Å². The first kappa shape index (κ1) is 12.5. The molecule has 3 N–H and O–H groups in total. The largest absolute Gasteiger partial charge is 0.477 e. The molecule has 0 aliphatic carbocycles. The first-order valence-electron chi connectivity index (χ1n) is 4.97. The summed E-state index contributed by atoms with van der Waals surface area (Å²) in [4.78, 5) is 24.0. The molecule has 0 aromatic rings. The number of carbonyl (C=O) groups excluding carboxylic acids is 1. The highest BCUT2D eigenvalue weighted by Gasteiger charge is 2.51. The van der Waals surface area contributed by atoms with Crippen LogP contribution in [0.15, 0.2) is 23.4 Å². The average molecular weight is 275 g/mol. The Labute approximate surface area is 107 Å². The van der Waals surface area contributed by atoms with Crippen LogP contribution in [-0.4, -0.2) is 44.9 Å². The SMILES string of the molecule is NC1C(=O)N2C(C(=O)O)=C(/C=C/CCl)CS[C@H]12. The second-order valence-electron chi connectivity index (χ2n) is 3.67. The minimum absolute atomic E-state index is 0.0295. The van der Waals surface area contributed by atoms with Crippen molar-refractivity contribution in [2.24, 2.45) is 5.73 Å². The number of alkyl halides is 1. The third-order valence-electron chi connectivity index (χ3n) is 2.65. The number of rotatable bonds is 3. The van der Waals surface area contributed by atoms with Gasteiger partial charge in [0.2, 0.25) is 5.91 Å². The van der Waals surface area contributed by atoms with Crippen LogP contribution in [-0.2, 0) is 9.59 Å². The molecule has 0 radical (unpaired) electrons. The van der Waals surface area contributed by atoms with E-state index in [0.717, 1.165) is 0 Å². The number of aliphatic carboxylic acids is 1. The molecule has 17 heavy (non-hydrogen) atoms. The first-order chi connectivity index (χ1) is 8.07. The van der Waals surface area contributed by atoms with E-state index in [0.29, 0.717) is 17.2 Å². The minimum atomic E-state index is -1.11. The Kier molecular flexibility index (Phi) is 3.46. The molecule has 2 atom stereocenters. The normalized spacial score (nSPS) is 28.4. The van der Waals surface area contributed by atoms with Gasteiger partial charge in [0, 0.05) is 11.6 Å². The number of carbonyl (C=O) groups is 2. The minimum Gasteiger partial charge on any atom is -0.477 e. The van der Waals surface area contributed by atoms with Gasteiger partial charge in [0.15, 0.2) is 0 Å². The van der Waals surface area contributed by atoms with Gasteiger partial charge in [-0.15, -0.1) is 23.4 Å². The molecule has 92 valence electrons. The summed E-state index contributed by atoms with van der Waals surface area (Å²) < 4.78 is 0. The molecular formula is C10H11ClN2O3S. The van der Waals surface area contributed by atoms with Crippen molar-refractivity contribution in [2.75, 3.05) is 11.6 Å². The molecular weight excluding hydrogens is 264 g/mol. The van der Waals surface area contributed by atoms with E-state index >= 15 is 0 Å². The first-order valence-corrected chi connectivity index (χ1v) is 6.55. The van der Waals surface area contributed by atoms with Gasteiger partial charge in [-0.2, -0.15) is 0 Å². The second kappa shape index (κ2) is 4.72. The Hall–Kier alpha value is -0.980. The lowest BCUT2D eigenvalue weighted by Gasteiger charge is -2.47. The summed E-state index contributed by atoms with van der Waals surface area (Å²) in [5, 5.41) is 8.92. The van der Waals surface area contributed by atoms with Crippen LogP contribution >= 0.6 is 23.4 Å². The number of hydrogen-bond donors (Lipinski definition) is 2. The van der Waals surface area contributed by atoms with Gasteiger partial charge in [-0.3, -0.25) is 9.69 Å². The molecule has 1 amide bonds. The van der Waals surface area contributed by atoms with Crippen molar-refractivity contribution >= 4 is 35.2 Å². The molecule has 7 heteroatoms. The molecule has 0 saturated carbocycles. The van der Waals surface area contributed by atoms with Crippen LogP contribution in [0.1, 0.15) is 0 Å². The van der Waals surface area contributed by atoms with Gasteiger partial charge >= 0.3 is 5.97 Å². The van der Waals surface area contributed by atoms with E-state index in [-0.39, 0.29) is 17.0 Å². The number of hydrogen-bond acceptors (Lipinski definition) is 4. The fourth-order valence-corrected chi connectivity index (χ4v) is 3.21. The number of β-lactam (4-membered cyclic amide) rings is 1. The topological polar surface area (TPSA) is 83.6 Å². The molecule has 0 bridgehead atoms. The number of thioether (sulfide) groups is 1. The number of fused-ring (bicyclic) bond motifs is 1. The summed E-state index contributed by atoms with van der Waals surface area (Å²) in [5.74, 6) is -0.615. The molecule has 2 aliphatic heterocycles. The third-order valence-corrected chi connectivity index (χ3v) is 4.15. The maximum absolute atomic E-state index is 11.6. The number of nitrogens with zero attached hydrogens (tertiary/aromatic N) is 1. The molecule has 1 unspecified atom stereocenters. The summed E-state index contributed by atoms with van der Waals surface area (Å²) in [5.41, 5.74) is 6.24. The van der Waals surface area contributed by atoms with Gasteiger partial charge in [0.05, 0.1) is 0 Å². The van der Waals surface area contributed by atoms with Gasteiger partial charge in [-0.1, -0.05) is 12.2 Å². The summed E-state index contributed by atoms with van der Waals surface area (Å²) in [6.07, 6.45) is 3.31. The van der Waals surface area contributed by atoms with Crippen molar-refractivity contribution in [3.8, 4) is 0 Å². The molecule has 0 aromatic carbocycles. The highest BCUT2D eigenvalue weighted by Crippen LogP contribution is 2.39. The van der Waals surface area contributed by atoms with Crippen molar-refractivity contribution in [3.05, 3.63) is 23.4 Å². The third kappa shape index (κ3) is 1.96. The number of amides is 1. The van der Waals surface area contributed by atoms with Crippen molar-refractivity contribution in [2.45, 2.75) is 11.4 Å². The van der Waals surface area contributed by atoms with E-state index in [1.54, 1.807) is 12.2 Å². The van der Waals surface area contributed by atoms with E-state index in [9.17, 15) is 9.59 Å². The maximum atomic E-state index is 11.6. The zero-order valence-electron chi connectivity index (χ0n) is 8.80. The lowest BCUT2D eigenvalue weighted by Crippen LogP contribution is -2.68. The maximum Gasteiger partial charge on any atom is 0.352 e. The van der Waals surface area contributed by atoms with E-state index in [4.69, 9.17) is 22.4 Å². The Morgan fingerprint density at radius 3 is 3.00 bits per heavy atom. The van der Waals surface area contributed by atoms with Crippen molar-refractivity contribution < 1.29 is 14.7 Å². The molecule has 1 saturated heterocycles. The van der Waals surface area contributed by atoms with Crippen LogP contribution in [0.5, 0.6) is 0 Å². The lowest BCUT2D eigenvalue weighted by atomic mass is 10.0. The second-order valence-corrected chi connectivity index (χ2v) is 5.08. The average Bonchev–Trinajstić information content (AvgIpc) is 2.33. The zero-order valence-corrected chi connectivity index (χ0v) is 10.4. The fraction of sp³-hybridized carbons (Fsp3) is 0.400. The van der Waals surface area contributed by atoms with Gasteiger partial charge in [-0.25, -0.2) is 4.79 Å². The van der Waals surface area contributed by atoms with E-state index in [1.165, 1.54) is 16.7 Å². The standard InChI is InChI=1S/C10H11ClN2O3S/c11-3-1-2-5-4-17-9-6(12)8(14)13(9)7(5)10(15)16/h1-2,6,9H,3-4,12H2,(H,15,16)/b2-1+/t6?,9-/m1/s1. The molecule has 2 rings (SSSR count). The number of carboxylic acids is 1. The molecule has 0 spiro atoms. The molecule has 5 nitrogen and oxygen atoms in total. The van der Waals surface area contributed by atoms with Crippen molar-refractivity contribution in [1.82, 2.24) is 4.90 Å². The summed E-state index contributed by atoms with van der Waals surface area (Å²) >= 11 is 6.98. The number of allylic oxidation sites excluding steroid dienone is 2. The van der Waals surface area contributed by atoms with E-state index < -0.39 is 12.0 Å². The van der Waals surface area contributed by atoms with E-state index in [2.05, 4.69) is 0 Å².